The number of para-hydroxylation sites is 1. The Bertz CT molecular complexity index is 798. The standard InChI is InChI=1S/C17H20N4O3/c1-11(22)20-6-7-21(15(10-20)17(18)24)16(23)8-12-9-19-14-5-3-2-4-13(12)14/h2-5,9,15,19H,6-8,10H2,1H3,(H2,18,24). The third-order valence-corrected chi connectivity index (χ3v) is 4.49. The van der Waals surface area contributed by atoms with Gasteiger partial charge in [0.05, 0.1) is 13.0 Å². The lowest BCUT2D eigenvalue weighted by molar-refractivity contribution is -0.146. The number of nitrogens with zero attached hydrogens (tertiary/aromatic N) is 2. The summed E-state index contributed by atoms with van der Waals surface area (Å²) in [5.41, 5.74) is 7.29. The average molecular weight is 328 g/mol. The molecule has 1 atom stereocenters. The van der Waals surface area contributed by atoms with E-state index in [-0.39, 0.29) is 24.8 Å². The summed E-state index contributed by atoms with van der Waals surface area (Å²) in [6, 6.07) is 6.96. The summed E-state index contributed by atoms with van der Waals surface area (Å²) in [6.45, 7) is 2.33. The monoisotopic (exact) mass is 328 g/mol. The maximum atomic E-state index is 12.7. The molecule has 1 aromatic heterocycles. The Morgan fingerprint density at radius 2 is 2.00 bits per heavy atom. The molecule has 2 aromatic rings. The number of nitrogens with one attached hydrogen (secondary N) is 1. The summed E-state index contributed by atoms with van der Waals surface area (Å²) in [6.07, 6.45) is 2.00. The van der Waals surface area contributed by atoms with Crippen molar-refractivity contribution >= 4 is 28.6 Å². The Kier molecular flexibility index (Phi) is 4.24. The second kappa shape index (κ2) is 6.35. The third-order valence-electron chi connectivity index (χ3n) is 4.49. The number of piperazine rings is 1. The summed E-state index contributed by atoms with van der Waals surface area (Å²) in [5, 5.41) is 0.990. The van der Waals surface area contributed by atoms with Crippen LogP contribution in [0.2, 0.25) is 0 Å². The molecular weight excluding hydrogens is 308 g/mol. The van der Waals surface area contributed by atoms with E-state index < -0.39 is 11.9 Å². The van der Waals surface area contributed by atoms with Gasteiger partial charge in [0.1, 0.15) is 6.04 Å². The summed E-state index contributed by atoms with van der Waals surface area (Å²) in [5.74, 6) is -0.870. The third kappa shape index (κ3) is 2.97. The Morgan fingerprint density at radius 3 is 2.71 bits per heavy atom. The van der Waals surface area contributed by atoms with Crippen LogP contribution in [0.25, 0.3) is 10.9 Å². The highest BCUT2D eigenvalue weighted by Gasteiger charge is 2.34. The Morgan fingerprint density at radius 1 is 1.25 bits per heavy atom. The largest absolute Gasteiger partial charge is 0.368 e. The smallest absolute Gasteiger partial charge is 0.242 e. The molecule has 1 fully saturated rings. The minimum absolute atomic E-state index is 0.120. The van der Waals surface area contributed by atoms with Crippen LogP contribution in [0.5, 0.6) is 0 Å². The lowest BCUT2D eigenvalue weighted by atomic mass is 10.1. The number of carbonyl (C=O) groups is 3. The van der Waals surface area contributed by atoms with Crippen molar-refractivity contribution in [2.45, 2.75) is 19.4 Å². The lowest BCUT2D eigenvalue weighted by Gasteiger charge is -2.39. The second-order valence-electron chi connectivity index (χ2n) is 6.01. The Balaban J connectivity index is 1.78. The first-order valence-corrected chi connectivity index (χ1v) is 7.86. The van der Waals surface area contributed by atoms with Crippen molar-refractivity contribution in [1.29, 1.82) is 0 Å². The molecule has 0 aliphatic carbocycles. The number of nitrogens with two attached hydrogens (primary N) is 1. The molecule has 126 valence electrons. The number of hydrogen-bond donors (Lipinski definition) is 2. The maximum Gasteiger partial charge on any atom is 0.242 e. The number of fused-ring (bicyclic) bond motifs is 1. The minimum Gasteiger partial charge on any atom is -0.368 e. The number of H-pyrrole nitrogens is 1. The fraction of sp³-hybridized carbons (Fsp3) is 0.353. The van der Waals surface area contributed by atoms with Crippen LogP contribution in [0.4, 0.5) is 0 Å². The number of aromatic amines is 1. The summed E-state index contributed by atoms with van der Waals surface area (Å²) >= 11 is 0. The van der Waals surface area contributed by atoms with Gasteiger partial charge in [0.2, 0.25) is 17.7 Å². The van der Waals surface area contributed by atoms with E-state index in [1.807, 2.05) is 30.5 Å². The van der Waals surface area contributed by atoms with Gasteiger partial charge in [-0.1, -0.05) is 18.2 Å². The van der Waals surface area contributed by atoms with Gasteiger partial charge < -0.3 is 20.5 Å². The molecular formula is C17H20N4O3. The molecule has 0 saturated carbocycles. The van der Waals surface area contributed by atoms with Crippen molar-refractivity contribution in [2.75, 3.05) is 19.6 Å². The zero-order chi connectivity index (χ0) is 17.3. The molecule has 1 unspecified atom stereocenters. The van der Waals surface area contributed by atoms with Gasteiger partial charge in [-0.25, -0.2) is 0 Å². The molecule has 1 aromatic carbocycles. The molecule has 1 aliphatic rings. The highest BCUT2D eigenvalue weighted by atomic mass is 16.2. The quantitative estimate of drug-likeness (QED) is 0.845. The van der Waals surface area contributed by atoms with E-state index in [0.29, 0.717) is 13.1 Å². The predicted molar refractivity (Wildman–Crippen MR) is 89.0 cm³/mol. The fourth-order valence-corrected chi connectivity index (χ4v) is 3.15. The van der Waals surface area contributed by atoms with Crippen LogP contribution in [-0.2, 0) is 20.8 Å². The number of rotatable bonds is 3. The molecule has 0 bridgehead atoms. The van der Waals surface area contributed by atoms with Crippen molar-refractivity contribution in [3.05, 3.63) is 36.0 Å². The Hall–Kier alpha value is -2.83. The van der Waals surface area contributed by atoms with E-state index in [1.54, 1.807) is 4.90 Å². The Labute approximate surface area is 139 Å². The fourth-order valence-electron chi connectivity index (χ4n) is 3.15. The van der Waals surface area contributed by atoms with Crippen LogP contribution in [0.3, 0.4) is 0 Å². The van der Waals surface area contributed by atoms with E-state index in [9.17, 15) is 14.4 Å². The number of hydrogen-bond acceptors (Lipinski definition) is 3. The molecule has 3 N–H and O–H groups in total. The highest BCUT2D eigenvalue weighted by molar-refractivity contribution is 5.92. The first-order chi connectivity index (χ1) is 11.5. The number of benzene rings is 1. The van der Waals surface area contributed by atoms with Gasteiger partial charge in [-0.05, 0) is 11.6 Å². The lowest BCUT2D eigenvalue weighted by Crippen LogP contribution is -2.60. The topological polar surface area (TPSA) is 99.5 Å². The van der Waals surface area contributed by atoms with Crippen molar-refractivity contribution in [1.82, 2.24) is 14.8 Å². The van der Waals surface area contributed by atoms with Crippen LogP contribution in [0, 0.1) is 0 Å². The average Bonchev–Trinajstić information content (AvgIpc) is 2.97. The molecule has 3 amide bonds. The van der Waals surface area contributed by atoms with Crippen LogP contribution >= 0.6 is 0 Å². The molecule has 24 heavy (non-hydrogen) atoms. The highest BCUT2D eigenvalue weighted by Crippen LogP contribution is 2.20. The van der Waals surface area contributed by atoms with Gasteiger partial charge in [-0.3, -0.25) is 14.4 Å². The van der Waals surface area contributed by atoms with Crippen LogP contribution in [0.15, 0.2) is 30.5 Å². The molecule has 0 spiro atoms. The van der Waals surface area contributed by atoms with Crippen molar-refractivity contribution in [2.24, 2.45) is 5.73 Å². The molecule has 1 saturated heterocycles. The van der Waals surface area contributed by atoms with Gasteiger partial charge in [-0.15, -0.1) is 0 Å². The maximum absolute atomic E-state index is 12.7. The van der Waals surface area contributed by atoms with Crippen molar-refractivity contribution in [3.63, 3.8) is 0 Å². The zero-order valence-corrected chi connectivity index (χ0v) is 13.5. The normalized spacial score (nSPS) is 18.0. The van der Waals surface area contributed by atoms with E-state index in [4.69, 9.17) is 5.73 Å². The summed E-state index contributed by atoms with van der Waals surface area (Å²) < 4.78 is 0. The van der Waals surface area contributed by atoms with Crippen molar-refractivity contribution < 1.29 is 14.4 Å². The first-order valence-electron chi connectivity index (χ1n) is 7.86. The number of primary amides is 1. The molecule has 7 heteroatoms. The zero-order valence-electron chi connectivity index (χ0n) is 13.5. The summed E-state index contributed by atoms with van der Waals surface area (Å²) in [7, 11) is 0. The van der Waals surface area contributed by atoms with Gasteiger partial charge >= 0.3 is 0 Å². The molecule has 3 rings (SSSR count). The summed E-state index contributed by atoms with van der Waals surface area (Å²) in [4.78, 5) is 42.1. The van der Waals surface area contributed by atoms with Crippen LogP contribution < -0.4 is 5.73 Å². The molecule has 0 radical (unpaired) electrons. The molecule has 7 nitrogen and oxygen atoms in total. The van der Waals surface area contributed by atoms with Crippen LogP contribution in [0.1, 0.15) is 12.5 Å². The first kappa shape index (κ1) is 16.0. The van der Waals surface area contributed by atoms with Gasteiger partial charge in [0, 0.05) is 37.1 Å². The molecule has 2 heterocycles. The number of amides is 3. The van der Waals surface area contributed by atoms with Gasteiger partial charge in [0.15, 0.2) is 0 Å². The second-order valence-corrected chi connectivity index (χ2v) is 6.01. The minimum atomic E-state index is -0.777. The van der Waals surface area contributed by atoms with Gasteiger partial charge in [0.25, 0.3) is 0 Å². The van der Waals surface area contributed by atoms with Gasteiger partial charge in [-0.2, -0.15) is 0 Å². The number of aromatic nitrogens is 1. The van der Waals surface area contributed by atoms with E-state index >= 15 is 0 Å². The molecule has 1 aliphatic heterocycles. The number of carbonyl (C=O) groups excluding carboxylic acids is 3. The van der Waals surface area contributed by atoms with E-state index in [0.717, 1.165) is 16.5 Å². The predicted octanol–water partition coefficient (Wildman–Crippen LogP) is 0.255. The SMILES string of the molecule is CC(=O)N1CCN(C(=O)Cc2c[nH]c3ccccc23)C(C(N)=O)C1. The van der Waals surface area contributed by atoms with Crippen molar-refractivity contribution in [3.8, 4) is 0 Å². The van der Waals surface area contributed by atoms with E-state index in [1.165, 1.54) is 11.8 Å². The van der Waals surface area contributed by atoms with Crippen LogP contribution in [-0.4, -0.2) is 58.2 Å². The van der Waals surface area contributed by atoms with E-state index in [2.05, 4.69) is 4.98 Å².